The minimum atomic E-state index is -4.99. The molecule has 1 aliphatic heterocycles. The molecule has 190 valence electrons. The highest BCUT2D eigenvalue weighted by molar-refractivity contribution is 7.18. The number of amides is 2. The number of anilines is 3. The van der Waals surface area contributed by atoms with Gasteiger partial charge in [-0.25, -0.2) is 4.98 Å². The molecule has 1 aliphatic rings. The van der Waals surface area contributed by atoms with E-state index in [0.29, 0.717) is 42.7 Å². The zero-order valence-corrected chi connectivity index (χ0v) is 19.4. The number of aromatic nitrogens is 3. The van der Waals surface area contributed by atoms with Crippen molar-refractivity contribution in [2.45, 2.75) is 6.36 Å². The third kappa shape index (κ3) is 6.87. The summed E-state index contributed by atoms with van der Waals surface area (Å²) in [6.45, 7) is 1.87. The average Bonchev–Trinajstić information content (AvgIpc) is 3.28. The van der Waals surface area contributed by atoms with Crippen molar-refractivity contribution in [1.29, 1.82) is 0 Å². The third-order valence-corrected chi connectivity index (χ3v) is 5.78. The number of nitrogen functional groups attached to an aromatic ring is 1. The molecule has 3 heterocycles. The van der Waals surface area contributed by atoms with Crippen LogP contribution in [0.1, 0.15) is 10.4 Å². The van der Waals surface area contributed by atoms with Crippen LogP contribution in [0.4, 0.5) is 29.8 Å². The molecule has 0 bridgehead atoms. The number of benzene rings is 1. The molecule has 1 saturated heterocycles. The fourth-order valence-electron chi connectivity index (χ4n) is 3.23. The van der Waals surface area contributed by atoms with Gasteiger partial charge in [0.2, 0.25) is 11.0 Å². The summed E-state index contributed by atoms with van der Waals surface area (Å²) in [5.41, 5.74) is 5.88. The zero-order chi connectivity index (χ0) is 25.7. The molecule has 2 amide bonds. The number of carbonyl (C=O) groups is 2. The van der Waals surface area contributed by atoms with E-state index in [4.69, 9.17) is 10.5 Å². The first-order valence-corrected chi connectivity index (χ1v) is 11.3. The molecule has 11 nitrogen and oxygen atoms in total. The number of carbonyl (C=O) groups excluding carboxylic acids is 2. The van der Waals surface area contributed by atoms with E-state index < -0.39 is 23.9 Å². The van der Waals surface area contributed by atoms with Gasteiger partial charge in [-0.15, -0.1) is 23.4 Å². The van der Waals surface area contributed by atoms with Crippen molar-refractivity contribution in [2.24, 2.45) is 0 Å². The van der Waals surface area contributed by atoms with Crippen LogP contribution in [0.15, 0.2) is 36.5 Å². The monoisotopic (exact) mass is 523 g/mol. The summed E-state index contributed by atoms with van der Waals surface area (Å²) in [6, 6.07) is 6.48. The van der Waals surface area contributed by atoms with Gasteiger partial charge in [0.25, 0.3) is 5.91 Å². The van der Waals surface area contributed by atoms with Crippen molar-refractivity contribution in [3.8, 4) is 16.3 Å². The molecule has 4 N–H and O–H groups in total. The fraction of sp³-hybridized carbons (Fsp3) is 0.286. The summed E-state index contributed by atoms with van der Waals surface area (Å²) in [4.78, 5) is 31.0. The smallest absolute Gasteiger partial charge is 0.404 e. The van der Waals surface area contributed by atoms with E-state index in [0.717, 1.165) is 29.5 Å². The van der Waals surface area contributed by atoms with Crippen LogP contribution >= 0.6 is 11.3 Å². The summed E-state index contributed by atoms with van der Waals surface area (Å²) in [6.07, 6.45) is -3.49. The van der Waals surface area contributed by atoms with Crippen LogP contribution in [-0.2, 0) is 9.53 Å². The van der Waals surface area contributed by atoms with Crippen LogP contribution in [0.2, 0.25) is 0 Å². The number of nitrogens with two attached hydrogens (primary N) is 1. The maximum atomic E-state index is 12.9. The molecule has 2 aromatic heterocycles. The second kappa shape index (κ2) is 10.8. The summed E-state index contributed by atoms with van der Waals surface area (Å²) in [5, 5.41) is 13.5. The number of morpholine rings is 1. The second-order valence-corrected chi connectivity index (χ2v) is 8.51. The Labute approximate surface area is 206 Å². The van der Waals surface area contributed by atoms with E-state index >= 15 is 0 Å². The standard InChI is InChI=1S/C21H20F3N7O4S/c22-21(23,24)35-15-3-1-12(9-14(15)27-17(32)11-31-5-7-34-8-6-31)18(33)28-20-30-29-19(36-20)13-2-4-16(25)26-10-13/h1-4,9-10H,5-8,11H2,(H2,25,26)(H,27,32)(H,28,30,33). The Hall–Kier alpha value is -3.82. The van der Waals surface area contributed by atoms with Gasteiger partial charge in [-0.3, -0.25) is 19.8 Å². The number of ether oxygens (including phenoxy) is 2. The predicted molar refractivity (Wildman–Crippen MR) is 125 cm³/mol. The van der Waals surface area contributed by atoms with Crippen molar-refractivity contribution >= 4 is 39.8 Å². The van der Waals surface area contributed by atoms with Crippen molar-refractivity contribution in [3.05, 3.63) is 42.1 Å². The van der Waals surface area contributed by atoms with Crippen LogP contribution < -0.4 is 21.1 Å². The first kappa shape index (κ1) is 25.3. The molecule has 15 heteroatoms. The molecule has 1 fully saturated rings. The second-order valence-electron chi connectivity index (χ2n) is 7.53. The highest BCUT2D eigenvalue weighted by Crippen LogP contribution is 2.32. The molecule has 4 rings (SSSR count). The van der Waals surface area contributed by atoms with Crippen LogP contribution in [0.5, 0.6) is 5.75 Å². The SMILES string of the molecule is Nc1ccc(-c2nnc(NC(=O)c3ccc(OC(F)(F)F)c(NC(=O)CN4CCOCC4)c3)s2)cn1. The quantitative estimate of drug-likeness (QED) is 0.426. The Morgan fingerprint density at radius 3 is 2.61 bits per heavy atom. The number of hydrogen-bond donors (Lipinski definition) is 3. The van der Waals surface area contributed by atoms with Gasteiger partial charge in [0.05, 0.1) is 25.4 Å². The molecule has 0 saturated carbocycles. The van der Waals surface area contributed by atoms with Gasteiger partial charge < -0.3 is 20.5 Å². The zero-order valence-electron chi connectivity index (χ0n) is 18.5. The summed E-state index contributed by atoms with van der Waals surface area (Å²) in [7, 11) is 0. The number of rotatable bonds is 7. The van der Waals surface area contributed by atoms with Gasteiger partial charge >= 0.3 is 6.36 Å². The largest absolute Gasteiger partial charge is 0.573 e. The Bertz CT molecular complexity index is 1230. The van der Waals surface area contributed by atoms with Gasteiger partial charge in [0.15, 0.2) is 10.8 Å². The van der Waals surface area contributed by atoms with E-state index in [-0.39, 0.29) is 22.9 Å². The number of hydrogen-bond acceptors (Lipinski definition) is 10. The van der Waals surface area contributed by atoms with Gasteiger partial charge in [-0.1, -0.05) is 11.3 Å². The van der Waals surface area contributed by atoms with Gasteiger partial charge in [0.1, 0.15) is 5.82 Å². The van der Waals surface area contributed by atoms with Crippen LogP contribution in [0.25, 0.3) is 10.6 Å². The van der Waals surface area contributed by atoms with Crippen LogP contribution in [0.3, 0.4) is 0 Å². The highest BCUT2D eigenvalue weighted by Gasteiger charge is 2.32. The van der Waals surface area contributed by atoms with Crippen molar-refractivity contribution in [3.63, 3.8) is 0 Å². The summed E-state index contributed by atoms with van der Waals surface area (Å²) >= 11 is 1.07. The topological polar surface area (TPSA) is 145 Å². The molecule has 0 aliphatic carbocycles. The molecular weight excluding hydrogens is 503 g/mol. The lowest BCUT2D eigenvalue weighted by Gasteiger charge is -2.26. The van der Waals surface area contributed by atoms with E-state index in [1.807, 2.05) is 0 Å². The van der Waals surface area contributed by atoms with E-state index in [9.17, 15) is 22.8 Å². The van der Waals surface area contributed by atoms with Crippen molar-refractivity contribution in [1.82, 2.24) is 20.1 Å². The lowest BCUT2D eigenvalue weighted by Crippen LogP contribution is -2.41. The van der Waals surface area contributed by atoms with Crippen LogP contribution in [0, 0.1) is 0 Å². The maximum absolute atomic E-state index is 12.9. The molecule has 0 radical (unpaired) electrons. The van der Waals surface area contributed by atoms with E-state index in [2.05, 4.69) is 30.6 Å². The predicted octanol–water partition coefficient (Wildman–Crippen LogP) is 2.60. The fourth-order valence-corrected chi connectivity index (χ4v) is 3.95. The number of alkyl halides is 3. The maximum Gasteiger partial charge on any atom is 0.573 e. The Balaban J connectivity index is 1.49. The Kier molecular flexibility index (Phi) is 7.61. The molecular formula is C21H20F3N7O4S. The van der Waals surface area contributed by atoms with Gasteiger partial charge in [-0.05, 0) is 30.3 Å². The molecule has 0 unspecified atom stereocenters. The minimum absolute atomic E-state index is 0.0305. The van der Waals surface area contributed by atoms with Gasteiger partial charge in [-0.2, -0.15) is 0 Å². The molecule has 3 aromatic rings. The number of halogens is 3. The lowest BCUT2D eigenvalue weighted by atomic mass is 10.1. The Morgan fingerprint density at radius 2 is 1.92 bits per heavy atom. The lowest BCUT2D eigenvalue weighted by molar-refractivity contribution is -0.274. The normalized spacial score (nSPS) is 14.3. The number of nitrogens with zero attached hydrogens (tertiary/aromatic N) is 4. The first-order chi connectivity index (χ1) is 17.2. The van der Waals surface area contributed by atoms with E-state index in [1.165, 1.54) is 6.20 Å². The molecule has 0 spiro atoms. The molecule has 36 heavy (non-hydrogen) atoms. The Morgan fingerprint density at radius 1 is 1.14 bits per heavy atom. The van der Waals surface area contributed by atoms with Crippen molar-refractivity contribution in [2.75, 3.05) is 49.2 Å². The summed E-state index contributed by atoms with van der Waals surface area (Å²) in [5.74, 6) is -1.55. The number of nitrogens with one attached hydrogen (secondary N) is 2. The van der Waals surface area contributed by atoms with Crippen molar-refractivity contribution < 1.29 is 32.2 Å². The van der Waals surface area contributed by atoms with Crippen LogP contribution in [-0.4, -0.2) is 71.1 Å². The van der Waals surface area contributed by atoms with Gasteiger partial charge in [0, 0.05) is 30.4 Å². The van der Waals surface area contributed by atoms with E-state index in [1.54, 1.807) is 17.0 Å². The molecule has 1 aromatic carbocycles. The highest BCUT2D eigenvalue weighted by atomic mass is 32.1. The minimum Gasteiger partial charge on any atom is -0.404 e. The summed E-state index contributed by atoms with van der Waals surface area (Å²) < 4.78 is 47.9. The first-order valence-electron chi connectivity index (χ1n) is 10.5. The average molecular weight is 523 g/mol. The molecule has 0 atom stereocenters. The number of pyridine rings is 1. The third-order valence-electron chi connectivity index (χ3n) is 4.89.